The highest BCUT2D eigenvalue weighted by Crippen LogP contribution is 2.36. The van der Waals surface area contributed by atoms with Gasteiger partial charge in [-0.25, -0.2) is 4.98 Å². The summed E-state index contributed by atoms with van der Waals surface area (Å²) in [6.45, 7) is 1.37. The van der Waals surface area contributed by atoms with Crippen LogP contribution in [0.5, 0.6) is 11.5 Å². The van der Waals surface area contributed by atoms with Gasteiger partial charge in [-0.1, -0.05) is 36.4 Å². The van der Waals surface area contributed by atoms with Gasteiger partial charge in [0.1, 0.15) is 23.0 Å². The molecule has 0 bridgehead atoms. The average Bonchev–Trinajstić information content (AvgIpc) is 3.23. The van der Waals surface area contributed by atoms with Crippen molar-refractivity contribution in [1.29, 1.82) is 0 Å². The zero-order valence-corrected chi connectivity index (χ0v) is 17.4. The highest BCUT2D eigenvalue weighted by Gasteiger charge is 2.25. The Hall–Kier alpha value is -3.28. The highest BCUT2D eigenvalue weighted by molar-refractivity contribution is 5.92. The fourth-order valence-corrected chi connectivity index (χ4v) is 4.02. The van der Waals surface area contributed by atoms with Crippen LogP contribution in [-0.4, -0.2) is 36.2 Å². The summed E-state index contributed by atoms with van der Waals surface area (Å²) in [5.74, 6) is 2.77. The number of carbonyl (C=O) groups excluding carboxylic acids is 1. The molecule has 0 aliphatic carbocycles. The van der Waals surface area contributed by atoms with Crippen molar-refractivity contribution in [2.24, 2.45) is 0 Å². The van der Waals surface area contributed by atoms with E-state index in [1.165, 1.54) is 5.56 Å². The third-order valence-electron chi connectivity index (χ3n) is 5.65. The predicted molar refractivity (Wildman–Crippen MR) is 115 cm³/mol. The van der Waals surface area contributed by atoms with E-state index in [0.717, 1.165) is 48.7 Å². The summed E-state index contributed by atoms with van der Waals surface area (Å²) in [4.78, 5) is 17.1. The van der Waals surface area contributed by atoms with Crippen LogP contribution in [0.2, 0.25) is 0 Å². The van der Waals surface area contributed by atoms with Gasteiger partial charge in [0.15, 0.2) is 0 Å². The van der Waals surface area contributed by atoms with Gasteiger partial charge in [-0.05, 0) is 30.0 Å². The minimum absolute atomic E-state index is 0.119. The monoisotopic (exact) mass is 405 g/mol. The molecular formula is C24H27N3O3. The first-order valence-corrected chi connectivity index (χ1v) is 10.3. The van der Waals surface area contributed by atoms with Crippen molar-refractivity contribution in [3.63, 3.8) is 0 Å². The van der Waals surface area contributed by atoms with E-state index in [0.29, 0.717) is 18.2 Å². The lowest BCUT2D eigenvalue weighted by Gasteiger charge is -2.25. The van der Waals surface area contributed by atoms with Gasteiger partial charge >= 0.3 is 0 Å². The first-order chi connectivity index (χ1) is 14.7. The molecule has 1 aliphatic heterocycles. The van der Waals surface area contributed by atoms with Crippen molar-refractivity contribution in [1.82, 2.24) is 14.9 Å². The molecular weight excluding hydrogens is 378 g/mol. The van der Waals surface area contributed by atoms with Gasteiger partial charge in [0, 0.05) is 37.7 Å². The quantitative estimate of drug-likeness (QED) is 0.652. The molecule has 0 unspecified atom stereocenters. The number of aromatic nitrogens is 2. The van der Waals surface area contributed by atoms with E-state index in [4.69, 9.17) is 9.47 Å². The van der Waals surface area contributed by atoms with E-state index in [1.807, 2.05) is 36.5 Å². The smallest absolute Gasteiger partial charge is 0.271 e. The first kappa shape index (κ1) is 20.0. The maximum atomic E-state index is 12.6. The van der Waals surface area contributed by atoms with Crippen LogP contribution < -0.4 is 14.8 Å². The third kappa shape index (κ3) is 4.32. The number of rotatable bonds is 7. The number of ether oxygens (including phenoxy) is 2. The minimum atomic E-state index is -0.119. The lowest BCUT2D eigenvalue weighted by molar-refractivity contribution is 0.0949. The van der Waals surface area contributed by atoms with Gasteiger partial charge in [0.05, 0.1) is 14.2 Å². The topological polar surface area (TPSA) is 65.4 Å². The molecule has 0 spiro atoms. The number of methoxy groups -OCH3 is 2. The van der Waals surface area contributed by atoms with E-state index in [9.17, 15) is 4.79 Å². The molecule has 2 heterocycles. The number of fused-ring (bicyclic) bond motifs is 1. The number of carbonyl (C=O) groups is 1. The lowest BCUT2D eigenvalue weighted by Crippen LogP contribution is -2.26. The predicted octanol–water partition coefficient (Wildman–Crippen LogP) is 3.60. The molecule has 0 saturated heterocycles. The third-order valence-corrected chi connectivity index (χ3v) is 5.65. The number of benzene rings is 2. The van der Waals surface area contributed by atoms with Crippen molar-refractivity contribution in [3.8, 4) is 11.5 Å². The van der Waals surface area contributed by atoms with Crippen molar-refractivity contribution in [2.45, 2.75) is 31.7 Å². The number of nitrogens with zero attached hydrogens (tertiary/aromatic N) is 2. The number of imidazole rings is 1. The molecule has 4 rings (SSSR count). The van der Waals surface area contributed by atoms with E-state index in [2.05, 4.69) is 33.1 Å². The van der Waals surface area contributed by atoms with E-state index in [-0.39, 0.29) is 5.91 Å². The molecule has 1 atom stereocenters. The van der Waals surface area contributed by atoms with E-state index >= 15 is 0 Å². The summed E-state index contributed by atoms with van der Waals surface area (Å²) < 4.78 is 13.0. The maximum Gasteiger partial charge on any atom is 0.271 e. The van der Waals surface area contributed by atoms with Crippen molar-refractivity contribution < 1.29 is 14.3 Å². The molecule has 30 heavy (non-hydrogen) atoms. The molecule has 0 radical (unpaired) electrons. The van der Waals surface area contributed by atoms with Crippen LogP contribution in [0.3, 0.4) is 0 Å². The Balaban J connectivity index is 1.41. The van der Waals surface area contributed by atoms with Crippen LogP contribution in [-0.2, 0) is 19.4 Å². The molecule has 1 N–H and O–H groups in total. The summed E-state index contributed by atoms with van der Waals surface area (Å²) in [5, 5.41) is 2.98. The van der Waals surface area contributed by atoms with Crippen LogP contribution in [0.4, 0.5) is 0 Å². The zero-order chi connectivity index (χ0) is 20.9. The zero-order valence-electron chi connectivity index (χ0n) is 17.4. The molecule has 1 amide bonds. The normalized spacial score (nSPS) is 15.3. The maximum absolute atomic E-state index is 12.6. The second-order valence-electron chi connectivity index (χ2n) is 7.53. The van der Waals surface area contributed by atoms with Crippen molar-refractivity contribution in [2.75, 3.05) is 20.8 Å². The Morgan fingerprint density at radius 3 is 2.77 bits per heavy atom. The average molecular weight is 405 g/mol. The minimum Gasteiger partial charge on any atom is -0.497 e. The Kier molecular flexibility index (Phi) is 6.02. The Bertz CT molecular complexity index is 1010. The summed E-state index contributed by atoms with van der Waals surface area (Å²) in [7, 11) is 3.33. The summed E-state index contributed by atoms with van der Waals surface area (Å²) in [5.41, 5.74) is 2.85. The summed E-state index contributed by atoms with van der Waals surface area (Å²) >= 11 is 0. The van der Waals surface area contributed by atoms with Gasteiger partial charge in [0.2, 0.25) is 0 Å². The molecule has 6 nitrogen and oxygen atoms in total. The van der Waals surface area contributed by atoms with Crippen LogP contribution in [0, 0.1) is 0 Å². The fraction of sp³-hybridized carbons (Fsp3) is 0.333. The molecule has 0 saturated carbocycles. The number of hydrogen-bond acceptors (Lipinski definition) is 4. The van der Waals surface area contributed by atoms with Gasteiger partial charge in [-0.2, -0.15) is 0 Å². The Morgan fingerprint density at radius 1 is 1.17 bits per heavy atom. The number of amides is 1. The van der Waals surface area contributed by atoms with Gasteiger partial charge < -0.3 is 19.4 Å². The SMILES string of the molecule is COc1ccc([C@H]2CCc3nc(C(=O)NCCc4ccccc4)cn3C2)c(OC)c1. The van der Waals surface area contributed by atoms with Crippen molar-refractivity contribution in [3.05, 3.63) is 77.4 Å². The molecule has 3 aromatic rings. The van der Waals surface area contributed by atoms with Gasteiger partial charge in [-0.3, -0.25) is 4.79 Å². The Labute approximate surface area is 176 Å². The van der Waals surface area contributed by atoms with Gasteiger partial charge in [-0.15, -0.1) is 0 Å². The molecule has 0 fully saturated rings. The van der Waals surface area contributed by atoms with Crippen LogP contribution in [0.15, 0.2) is 54.7 Å². The second kappa shape index (κ2) is 9.03. The highest BCUT2D eigenvalue weighted by atomic mass is 16.5. The molecule has 1 aliphatic rings. The number of aryl methyl sites for hydroxylation is 1. The largest absolute Gasteiger partial charge is 0.497 e. The number of hydrogen-bond donors (Lipinski definition) is 1. The lowest BCUT2D eigenvalue weighted by atomic mass is 9.91. The summed E-state index contributed by atoms with van der Waals surface area (Å²) in [6, 6.07) is 16.1. The molecule has 156 valence electrons. The molecule has 1 aromatic heterocycles. The molecule has 2 aromatic carbocycles. The first-order valence-electron chi connectivity index (χ1n) is 10.3. The van der Waals surface area contributed by atoms with Crippen LogP contribution >= 0.6 is 0 Å². The fourth-order valence-electron chi connectivity index (χ4n) is 4.02. The Morgan fingerprint density at radius 2 is 2.00 bits per heavy atom. The van der Waals surface area contributed by atoms with E-state index in [1.54, 1.807) is 14.2 Å². The van der Waals surface area contributed by atoms with Crippen LogP contribution in [0.25, 0.3) is 0 Å². The van der Waals surface area contributed by atoms with Gasteiger partial charge in [0.25, 0.3) is 5.91 Å². The second-order valence-corrected chi connectivity index (χ2v) is 7.53. The van der Waals surface area contributed by atoms with Crippen LogP contribution in [0.1, 0.15) is 39.8 Å². The van der Waals surface area contributed by atoms with Crippen molar-refractivity contribution >= 4 is 5.91 Å². The van der Waals surface area contributed by atoms with E-state index < -0.39 is 0 Å². The standard InChI is InChI=1S/C24H27N3O3/c1-29-19-9-10-20(22(14-19)30-2)18-8-11-23-26-21(16-27(23)15-18)24(28)25-13-12-17-6-4-3-5-7-17/h3-7,9-10,14,16,18H,8,11-13,15H2,1-2H3,(H,25,28)/t18-/m0/s1. The number of nitrogens with one attached hydrogen (secondary N) is 1. The summed E-state index contributed by atoms with van der Waals surface area (Å²) in [6.07, 6.45) is 4.47. The molecule has 6 heteroatoms.